The van der Waals surface area contributed by atoms with E-state index in [1.807, 2.05) is 0 Å². The van der Waals surface area contributed by atoms with Crippen LogP contribution in [-0.2, 0) is 9.53 Å². The predicted molar refractivity (Wildman–Crippen MR) is 63.0 cm³/mol. The highest BCUT2D eigenvalue weighted by atomic mass is 16.5. The Morgan fingerprint density at radius 3 is 2.62 bits per heavy atom. The molecule has 1 aliphatic carbocycles. The van der Waals surface area contributed by atoms with E-state index in [-0.39, 0.29) is 17.9 Å². The zero-order chi connectivity index (χ0) is 11.5. The fourth-order valence-electron chi connectivity index (χ4n) is 3.21. The molecule has 3 nitrogen and oxygen atoms in total. The second kappa shape index (κ2) is 5.28. The first-order chi connectivity index (χ1) is 7.74. The first-order valence-electron chi connectivity index (χ1n) is 6.61. The molecule has 0 spiro atoms. The summed E-state index contributed by atoms with van der Waals surface area (Å²) in [5.41, 5.74) is 5.93. The van der Waals surface area contributed by atoms with Crippen molar-refractivity contribution in [2.45, 2.75) is 45.1 Å². The molecule has 1 saturated heterocycles. The summed E-state index contributed by atoms with van der Waals surface area (Å²) < 4.78 is 5.30. The van der Waals surface area contributed by atoms with Crippen molar-refractivity contribution in [2.75, 3.05) is 13.2 Å². The molecule has 2 rings (SSSR count). The van der Waals surface area contributed by atoms with Gasteiger partial charge in [-0.2, -0.15) is 0 Å². The van der Waals surface area contributed by atoms with Gasteiger partial charge in [0.05, 0.1) is 19.1 Å². The third kappa shape index (κ3) is 2.30. The van der Waals surface area contributed by atoms with E-state index in [2.05, 4.69) is 6.92 Å². The van der Waals surface area contributed by atoms with Crippen LogP contribution in [-0.4, -0.2) is 25.0 Å². The van der Waals surface area contributed by atoms with Gasteiger partial charge in [-0.15, -0.1) is 0 Å². The summed E-state index contributed by atoms with van der Waals surface area (Å²) in [5, 5.41) is 0. The van der Waals surface area contributed by atoms with Gasteiger partial charge >= 0.3 is 0 Å². The molecule has 2 N–H and O–H groups in total. The highest BCUT2D eigenvalue weighted by Crippen LogP contribution is 2.35. The maximum absolute atomic E-state index is 12.4. The lowest BCUT2D eigenvalue weighted by molar-refractivity contribution is -0.130. The van der Waals surface area contributed by atoms with Crippen molar-refractivity contribution in [3.63, 3.8) is 0 Å². The second-order valence-electron chi connectivity index (χ2n) is 5.27. The van der Waals surface area contributed by atoms with Crippen LogP contribution in [0.3, 0.4) is 0 Å². The van der Waals surface area contributed by atoms with Crippen molar-refractivity contribution in [1.82, 2.24) is 0 Å². The van der Waals surface area contributed by atoms with Gasteiger partial charge in [0.1, 0.15) is 5.78 Å². The topological polar surface area (TPSA) is 52.3 Å². The van der Waals surface area contributed by atoms with Crippen molar-refractivity contribution in [1.29, 1.82) is 0 Å². The normalized spacial score (nSPS) is 39.9. The van der Waals surface area contributed by atoms with Crippen LogP contribution in [0.15, 0.2) is 0 Å². The zero-order valence-electron chi connectivity index (χ0n) is 10.2. The molecule has 4 atom stereocenters. The van der Waals surface area contributed by atoms with Crippen molar-refractivity contribution in [2.24, 2.45) is 23.5 Å². The average Bonchev–Trinajstić information content (AvgIpc) is 2.74. The number of nitrogens with two attached hydrogens (primary N) is 1. The number of carbonyl (C=O) groups is 1. The van der Waals surface area contributed by atoms with Gasteiger partial charge in [-0.05, 0) is 18.8 Å². The van der Waals surface area contributed by atoms with Gasteiger partial charge in [-0.25, -0.2) is 0 Å². The van der Waals surface area contributed by atoms with Crippen LogP contribution >= 0.6 is 0 Å². The molecule has 16 heavy (non-hydrogen) atoms. The minimum atomic E-state index is -0.0630. The van der Waals surface area contributed by atoms with Crippen molar-refractivity contribution >= 4 is 5.78 Å². The number of rotatable bonds is 3. The Kier molecular flexibility index (Phi) is 3.98. The number of Topliss-reactive ketones (excluding diaryl/α,β-unsaturated/α-hetero) is 1. The van der Waals surface area contributed by atoms with Gasteiger partial charge in [0, 0.05) is 12.0 Å². The highest BCUT2D eigenvalue weighted by molar-refractivity contribution is 5.84. The monoisotopic (exact) mass is 225 g/mol. The summed E-state index contributed by atoms with van der Waals surface area (Å²) in [6.45, 7) is 3.30. The Labute approximate surface area is 97.7 Å². The van der Waals surface area contributed by atoms with E-state index in [1.165, 1.54) is 19.3 Å². The largest absolute Gasteiger partial charge is 0.379 e. The Hall–Kier alpha value is -0.410. The fraction of sp³-hybridized carbons (Fsp3) is 0.923. The zero-order valence-corrected chi connectivity index (χ0v) is 10.2. The van der Waals surface area contributed by atoms with E-state index in [1.54, 1.807) is 0 Å². The molecule has 2 aliphatic rings. The van der Waals surface area contributed by atoms with Gasteiger partial charge in [-0.3, -0.25) is 4.79 Å². The summed E-state index contributed by atoms with van der Waals surface area (Å²) in [4.78, 5) is 12.4. The number of carbonyl (C=O) groups excluding carboxylic acids is 1. The first kappa shape index (κ1) is 12.1. The number of hydrogen-bond donors (Lipinski definition) is 1. The Bertz CT molecular complexity index is 254. The van der Waals surface area contributed by atoms with E-state index in [0.717, 1.165) is 12.8 Å². The molecule has 1 aliphatic heterocycles. The van der Waals surface area contributed by atoms with Crippen LogP contribution in [0, 0.1) is 17.8 Å². The van der Waals surface area contributed by atoms with Crippen LogP contribution in [0.25, 0.3) is 0 Å². The van der Waals surface area contributed by atoms with Gasteiger partial charge in [0.25, 0.3) is 0 Å². The summed E-state index contributed by atoms with van der Waals surface area (Å²) in [6, 6.07) is -0.0630. The Morgan fingerprint density at radius 2 is 2.00 bits per heavy atom. The molecule has 0 aromatic heterocycles. The molecule has 0 bridgehead atoms. The molecule has 0 radical (unpaired) electrons. The van der Waals surface area contributed by atoms with Crippen LogP contribution in [0.2, 0.25) is 0 Å². The summed E-state index contributed by atoms with van der Waals surface area (Å²) in [5.74, 6) is 1.21. The minimum absolute atomic E-state index is 0.0304. The molecule has 4 unspecified atom stereocenters. The number of ether oxygens (including phenoxy) is 1. The smallest absolute Gasteiger partial charge is 0.143 e. The maximum atomic E-state index is 12.4. The van der Waals surface area contributed by atoms with Crippen molar-refractivity contribution in [3.05, 3.63) is 0 Å². The fourth-order valence-corrected chi connectivity index (χ4v) is 3.21. The van der Waals surface area contributed by atoms with Gasteiger partial charge in [0.15, 0.2) is 0 Å². The molecule has 92 valence electrons. The number of ketones is 1. The third-order valence-electron chi connectivity index (χ3n) is 4.29. The van der Waals surface area contributed by atoms with Crippen LogP contribution in [0.1, 0.15) is 39.0 Å². The molecule has 1 saturated carbocycles. The van der Waals surface area contributed by atoms with E-state index in [0.29, 0.717) is 24.9 Å². The summed E-state index contributed by atoms with van der Waals surface area (Å²) in [7, 11) is 0. The lowest BCUT2D eigenvalue weighted by Crippen LogP contribution is -2.40. The molecular weight excluding hydrogens is 202 g/mol. The van der Waals surface area contributed by atoms with Crippen molar-refractivity contribution < 1.29 is 9.53 Å². The standard InChI is InChI=1S/C13H23NO2/c1-2-9-5-3-4-6-10(9)13(15)11-7-16-8-12(11)14/h9-12H,2-8,14H2,1H3. The van der Waals surface area contributed by atoms with E-state index >= 15 is 0 Å². The molecule has 0 amide bonds. The van der Waals surface area contributed by atoms with Crippen LogP contribution < -0.4 is 5.73 Å². The number of hydrogen-bond acceptors (Lipinski definition) is 3. The van der Waals surface area contributed by atoms with E-state index in [9.17, 15) is 4.79 Å². The molecule has 2 fully saturated rings. The van der Waals surface area contributed by atoms with Gasteiger partial charge in [0.2, 0.25) is 0 Å². The highest BCUT2D eigenvalue weighted by Gasteiger charge is 2.38. The van der Waals surface area contributed by atoms with Crippen molar-refractivity contribution in [3.8, 4) is 0 Å². The SMILES string of the molecule is CCC1CCCCC1C(=O)C1COCC1N. The minimum Gasteiger partial charge on any atom is -0.379 e. The van der Waals surface area contributed by atoms with Gasteiger partial charge in [-0.1, -0.05) is 26.2 Å². The van der Waals surface area contributed by atoms with Gasteiger partial charge < -0.3 is 10.5 Å². The average molecular weight is 225 g/mol. The molecule has 1 heterocycles. The lowest BCUT2D eigenvalue weighted by Gasteiger charge is -2.31. The third-order valence-corrected chi connectivity index (χ3v) is 4.29. The van der Waals surface area contributed by atoms with Crippen LogP contribution in [0.5, 0.6) is 0 Å². The predicted octanol–water partition coefficient (Wildman–Crippen LogP) is 1.75. The first-order valence-corrected chi connectivity index (χ1v) is 6.61. The van der Waals surface area contributed by atoms with Crippen LogP contribution in [0.4, 0.5) is 0 Å². The maximum Gasteiger partial charge on any atom is 0.143 e. The molecule has 0 aromatic rings. The summed E-state index contributed by atoms with van der Waals surface area (Å²) in [6.07, 6.45) is 5.90. The molecular formula is C13H23NO2. The lowest BCUT2D eigenvalue weighted by atomic mass is 9.72. The Morgan fingerprint density at radius 1 is 1.25 bits per heavy atom. The molecule has 0 aromatic carbocycles. The Balaban J connectivity index is 2.01. The van der Waals surface area contributed by atoms with E-state index < -0.39 is 0 Å². The second-order valence-corrected chi connectivity index (χ2v) is 5.27. The summed E-state index contributed by atoms with van der Waals surface area (Å²) >= 11 is 0. The van der Waals surface area contributed by atoms with E-state index in [4.69, 9.17) is 10.5 Å². The quantitative estimate of drug-likeness (QED) is 0.796. The molecule has 3 heteroatoms.